The standard InChI is InChI=1S/C17H34O/c1-15(2,3)13-11-9-10-12-14-17(7,8)18-16(4,5)6/h11,13H,9-10,12,14H2,1-8H3/b13-11+. The molecule has 18 heavy (non-hydrogen) atoms. The van der Waals surface area contributed by atoms with E-state index < -0.39 is 0 Å². The first kappa shape index (κ1) is 17.7. The number of allylic oxidation sites excluding steroid dienone is 2. The number of ether oxygens (including phenoxy) is 1. The molecule has 0 aliphatic carbocycles. The molecule has 0 N–H and O–H groups in total. The molecule has 0 aliphatic heterocycles. The van der Waals surface area contributed by atoms with Crippen LogP contribution in [0.1, 0.15) is 81.1 Å². The quantitative estimate of drug-likeness (QED) is 0.433. The van der Waals surface area contributed by atoms with Gasteiger partial charge in [0, 0.05) is 0 Å². The number of hydrogen-bond acceptors (Lipinski definition) is 1. The molecule has 0 amide bonds. The van der Waals surface area contributed by atoms with Gasteiger partial charge in [-0.1, -0.05) is 39.3 Å². The molecule has 0 spiro atoms. The second-order valence-corrected chi connectivity index (χ2v) is 7.99. The lowest BCUT2D eigenvalue weighted by molar-refractivity contribution is -0.116. The molecular weight excluding hydrogens is 220 g/mol. The van der Waals surface area contributed by atoms with Crippen molar-refractivity contribution in [3.05, 3.63) is 12.2 Å². The van der Waals surface area contributed by atoms with Crippen LogP contribution in [0.2, 0.25) is 0 Å². The minimum absolute atomic E-state index is 0.00795. The smallest absolute Gasteiger partial charge is 0.0633 e. The van der Waals surface area contributed by atoms with E-state index in [1.165, 1.54) is 19.3 Å². The molecule has 0 saturated carbocycles. The van der Waals surface area contributed by atoms with E-state index in [1.54, 1.807) is 0 Å². The van der Waals surface area contributed by atoms with E-state index in [0.717, 1.165) is 6.42 Å². The van der Waals surface area contributed by atoms with E-state index in [1.807, 2.05) is 0 Å². The van der Waals surface area contributed by atoms with Crippen molar-refractivity contribution in [2.45, 2.75) is 92.3 Å². The number of rotatable bonds is 6. The summed E-state index contributed by atoms with van der Waals surface area (Å²) in [5.41, 5.74) is 0.260. The molecule has 0 unspecified atom stereocenters. The minimum atomic E-state index is -0.0460. The van der Waals surface area contributed by atoms with Crippen LogP contribution in [0.5, 0.6) is 0 Å². The minimum Gasteiger partial charge on any atom is -0.370 e. The Kier molecular flexibility index (Phi) is 6.63. The maximum absolute atomic E-state index is 6.07. The average molecular weight is 254 g/mol. The predicted octanol–water partition coefficient (Wildman–Crippen LogP) is 5.74. The van der Waals surface area contributed by atoms with Gasteiger partial charge in [0.1, 0.15) is 0 Å². The van der Waals surface area contributed by atoms with E-state index in [4.69, 9.17) is 4.74 Å². The fraction of sp³-hybridized carbons (Fsp3) is 0.882. The van der Waals surface area contributed by atoms with Crippen molar-refractivity contribution in [2.75, 3.05) is 0 Å². The third-order valence-electron chi connectivity index (χ3n) is 2.60. The summed E-state index contributed by atoms with van der Waals surface area (Å²) in [5.74, 6) is 0. The van der Waals surface area contributed by atoms with Crippen LogP contribution in [0.15, 0.2) is 12.2 Å². The van der Waals surface area contributed by atoms with E-state index in [0.29, 0.717) is 5.41 Å². The van der Waals surface area contributed by atoms with Crippen LogP contribution in [-0.4, -0.2) is 11.2 Å². The van der Waals surface area contributed by atoms with Crippen LogP contribution >= 0.6 is 0 Å². The summed E-state index contributed by atoms with van der Waals surface area (Å²) in [6.45, 7) is 17.5. The van der Waals surface area contributed by atoms with Gasteiger partial charge in [-0.15, -0.1) is 0 Å². The highest BCUT2D eigenvalue weighted by molar-refractivity contribution is 4.91. The highest BCUT2D eigenvalue weighted by Gasteiger charge is 2.24. The van der Waals surface area contributed by atoms with Gasteiger partial charge in [0.15, 0.2) is 0 Å². The molecule has 0 aromatic rings. The van der Waals surface area contributed by atoms with E-state index in [9.17, 15) is 0 Å². The summed E-state index contributed by atoms with van der Waals surface area (Å²) >= 11 is 0. The van der Waals surface area contributed by atoms with Gasteiger partial charge in [-0.25, -0.2) is 0 Å². The normalized spacial score (nSPS) is 14.4. The molecule has 0 rings (SSSR count). The first-order chi connectivity index (χ1) is 7.91. The van der Waals surface area contributed by atoms with Crippen molar-refractivity contribution in [3.8, 4) is 0 Å². The zero-order valence-corrected chi connectivity index (χ0v) is 13.9. The van der Waals surface area contributed by atoms with Crippen LogP contribution in [0, 0.1) is 5.41 Å². The summed E-state index contributed by atoms with van der Waals surface area (Å²) in [7, 11) is 0. The summed E-state index contributed by atoms with van der Waals surface area (Å²) in [6.07, 6.45) is 9.43. The van der Waals surface area contributed by atoms with Crippen LogP contribution in [-0.2, 0) is 4.74 Å². The Morgan fingerprint density at radius 2 is 1.39 bits per heavy atom. The van der Waals surface area contributed by atoms with Crippen LogP contribution in [0.3, 0.4) is 0 Å². The van der Waals surface area contributed by atoms with Gasteiger partial charge in [0.25, 0.3) is 0 Å². The SMILES string of the molecule is CC(C)(C)/C=C/CCCCC(C)(C)OC(C)(C)C. The monoisotopic (exact) mass is 254 g/mol. The zero-order chi connectivity index (χ0) is 14.4. The maximum atomic E-state index is 6.07. The molecule has 0 heterocycles. The molecule has 0 bridgehead atoms. The van der Waals surface area contributed by atoms with Gasteiger partial charge in [0.2, 0.25) is 0 Å². The fourth-order valence-electron chi connectivity index (χ4n) is 2.13. The molecule has 0 radical (unpaired) electrons. The summed E-state index contributed by atoms with van der Waals surface area (Å²) < 4.78 is 6.07. The van der Waals surface area contributed by atoms with Gasteiger partial charge in [-0.05, 0) is 59.3 Å². The van der Waals surface area contributed by atoms with Crippen LogP contribution in [0.25, 0.3) is 0 Å². The zero-order valence-electron chi connectivity index (χ0n) is 13.9. The summed E-state index contributed by atoms with van der Waals surface area (Å²) in [5, 5.41) is 0. The lowest BCUT2D eigenvalue weighted by Crippen LogP contribution is -2.34. The predicted molar refractivity (Wildman–Crippen MR) is 82.0 cm³/mol. The van der Waals surface area contributed by atoms with E-state index in [-0.39, 0.29) is 11.2 Å². The molecular formula is C17H34O. The number of unbranched alkanes of at least 4 members (excludes halogenated alkanes) is 2. The second kappa shape index (κ2) is 6.75. The molecule has 0 aromatic heterocycles. The number of hydrogen-bond donors (Lipinski definition) is 0. The first-order valence-corrected chi connectivity index (χ1v) is 7.29. The third kappa shape index (κ3) is 12.2. The van der Waals surface area contributed by atoms with Gasteiger partial charge in [-0.3, -0.25) is 0 Å². The fourth-order valence-corrected chi connectivity index (χ4v) is 2.13. The lowest BCUT2D eigenvalue weighted by atomic mass is 9.95. The third-order valence-corrected chi connectivity index (χ3v) is 2.60. The second-order valence-electron chi connectivity index (χ2n) is 7.99. The molecule has 1 heteroatoms. The van der Waals surface area contributed by atoms with Crippen molar-refractivity contribution in [1.82, 2.24) is 0 Å². The van der Waals surface area contributed by atoms with Gasteiger partial charge >= 0.3 is 0 Å². The Hall–Kier alpha value is -0.300. The van der Waals surface area contributed by atoms with Gasteiger partial charge in [-0.2, -0.15) is 0 Å². The van der Waals surface area contributed by atoms with Crippen LogP contribution < -0.4 is 0 Å². The van der Waals surface area contributed by atoms with Gasteiger partial charge < -0.3 is 4.74 Å². The van der Waals surface area contributed by atoms with E-state index in [2.05, 4.69) is 67.5 Å². The molecule has 0 atom stereocenters. The van der Waals surface area contributed by atoms with Crippen molar-refractivity contribution >= 4 is 0 Å². The molecule has 1 nitrogen and oxygen atoms in total. The van der Waals surface area contributed by atoms with Gasteiger partial charge in [0.05, 0.1) is 11.2 Å². The Labute approximate surface area is 115 Å². The largest absolute Gasteiger partial charge is 0.370 e. The Morgan fingerprint density at radius 1 is 0.833 bits per heavy atom. The summed E-state index contributed by atoms with van der Waals surface area (Å²) in [6, 6.07) is 0. The lowest BCUT2D eigenvalue weighted by Gasteiger charge is -2.33. The van der Waals surface area contributed by atoms with Crippen molar-refractivity contribution in [2.24, 2.45) is 5.41 Å². The van der Waals surface area contributed by atoms with Crippen molar-refractivity contribution in [1.29, 1.82) is 0 Å². The Bertz CT molecular complexity index is 248. The first-order valence-electron chi connectivity index (χ1n) is 7.29. The maximum Gasteiger partial charge on any atom is 0.0633 e. The topological polar surface area (TPSA) is 9.23 Å². The van der Waals surface area contributed by atoms with Crippen molar-refractivity contribution < 1.29 is 4.74 Å². The summed E-state index contributed by atoms with van der Waals surface area (Å²) in [4.78, 5) is 0. The van der Waals surface area contributed by atoms with Crippen LogP contribution in [0.4, 0.5) is 0 Å². The highest BCUT2D eigenvalue weighted by Crippen LogP contribution is 2.25. The molecule has 0 fully saturated rings. The molecule has 0 aliphatic rings. The molecule has 0 aromatic carbocycles. The molecule has 108 valence electrons. The van der Waals surface area contributed by atoms with Crippen molar-refractivity contribution in [3.63, 3.8) is 0 Å². The Morgan fingerprint density at radius 3 is 1.83 bits per heavy atom. The Balaban J connectivity index is 3.81. The van der Waals surface area contributed by atoms with E-state index >= 15 is 0 Å². The molecule has 0 saturated heterocycles. The average Bonchev–Trinajstić information content (AvgIpc) is 2.04. The highest BCUT2D eigenvalue weighted by atomic mass is 16.5.